The summed E-state index contributed by atoms with van der Waals surface area (Å²) in [6.07, 6.45) is 4.69. The summed E-state index contributed by atoms with van der Waals surface area (Å²) in [4.78, 5) is 12.8. The Hall–Kier alpha value is -1.23. The van der Waals surface area contributed by atoms with Crippen LogP contribution in [0, 0.1) is 0 Å². The van der Waals surface area contributed by atoms with Crippen molar-refractivity contribution in [2.24, 2.45) is 0 Å². The van der Waals surface area contributed by atoms with Gasteiger partial charge in [-0.2, -0.15) is 9.97 Å². The molecule has 1 aromatic heterocycles. The number of nitrogens with zero attached hydrogens (tertiary/aromatic N) is 3. The smallest absolute Gasteiger partial charge is 0.223 e. The van der Waals surface area contributed by atoms with Gasteiger partial charge in [0.15, 0.2) is 5.82 Å². The maximum Gasteiger partial charge on any atom is 0.223 e. The van der Waals surface area contributed by atoms with Gasteiger partial charge in [-0.05, 0) is 19.8 Å². The molecule has 1 aromatic rings. The van der Waals surface area contributed by atoms with Crippen LogP contribution in [0.2, 0.25) is 0 Å². The fourth-order valence-electron chi connectivity index (χ4n) is 2.08. The SMILES string of the molecule is COC(C)c1nc(N)nc(C2CCCC2)n1. The third-order valence-corrected chi connectivity index (χ3v) is 3.12. The zero-order valence-electron chi connectivity index (χ0n) is 9.81. The summed E-state index contributed by atoms with van der Waals surface area (Å²) >= 11 is 0. The second-order valence-corrected chi connectivity index (χ2v) is 4.27. The quantitative estimate of drug-likeness (QED) is 0.844. The lowest BCUT2D eigenvalue weighted by Gasteiger charge is -2.12. The number of rotatable bonds is 3. The van der Waals surface area contributed by atoms with Crippen molar-refractivity contribution in [3.05, 3.63) is 11.6 Å². The number of methoxy groups -OCH3 is 1. The summed E-state index contributed by atoms with van der Waals surface area (Å²) in [6, 6.07) is 0. The van der Waals surface area contributed by atoms with E-state index in [-0.39, 0.29) is 6.10 Å². The lowest BCUT2D eigenvalue weighted by Crippen LogP contribution is -2.12. The van der Waals surface area contributed by atoms with E-state index in [2.05, 4.69) is 15.0 Å². The Morgan fingerprint density at radius 2 is 1.94 bits per heavy atom. The molecular weight excluding hydrogens is 204 g/mol. The van der Waals surface area contributed by atoms with Crippen LogP contribution >= 0.6 is 0 Å². The van der Waals surface area contributed by atoms with Crippen LogP contribution in [0.1, 0.15) is 56.3 Å². The van der Waals surface area contributed by atoms with Gasteiger partial charge in [-0.25, -0.2) is 4.98 Å². The lowest BCUT2D eigenvalue weighted by atomic mass is 10.1. The third-order valence-electron chi connectivity index (χ3n) is 3.12. The van der Waals surface area contributed by atoms with E-state index in [1.807, 2.05) is 6.92 Å². The Balaban J connectivity index is 2.27. The molecule has 1 fully saturated rings. The van der Waals surface area contributed by atoms with E-state index in [0.717, 1.165) is 18.7 Å². The summed E-state index contributed by atoms with van der Waals surface area (Å²) in [7, 11) is 1.64. The van der Waals surface area contributed by atoms with Crippen molar-refractivity contribution in [3.63, 3.8) is 0 Å². The molecule has 1 heterocycles. The largest absolute Gasteiger partial charge is 0.374 e. The van der Waals surface area contributed by atoms with Crippen molar-refractivity contribution in [2.45, 2.75) is 44.6 Å². The highest BCUT2D eigenvalue weighted by Gasteiger charge is 2.22. The molecule has 0 saturated heterocycles. The molecule has 2 N–H and O–H groups in total. The van der Waals surface area contributed by atoms with Gasteiger partial charge < -0.3 is 10.5 Å². The van der Waals surface area contributed by atoms with Crippen LogP contribution in [0.15, 0.2) is 0 Å². The van der Waals surface area contributed by atoms with Gasteiger partial charge in [0, 0.05) is 13.0 Å². The number of hydrogen-bond acceptors (Lipinski definition) is 5. The number of ether oxygens (including phenoxy) is 1. The summed E-state index contributed by atoms with van der Waals surface area (Å²) in [5, 5.41) is 0. The molecule has 1 aliphatic carbocycles. The van der Waals surface area contributed by atoms with Crippen molar-refractivity contribution < 1.29 is 4.74 Å². The topological polar surface area (TPSA) is 73.9 Å². The molecule has 0 spiro atoms. The lowest BCUT2D eigenvalue weighted by molar-refractivity contribution is 0.111. The van der Waals surface area contributed by atoms with E-state index in [1.165, 1.54) is 12.8 Å². The van der Waals surface area contributed by atoms with E-state index in [1.54, 1.807) is 7.11 Å². The standard InChI is InChI=1S/C11H18N4O/c1-7(16-2)9-13-10(15-11(12)14-9)8-5-3-4-6-8/h7-8H,3-6H2,1-2H3,(H2,12,13,14,15). The Labute approximate surface area is 95.5 Å². The molecule has 5 nitrogen and oxygen atoms in total. The molecule has 16 heavy (non-hydrogen) atoms. The van der Waals surface area contributed by atoms with Crippen molar-refractivity contribution >= 4 is 5.95 Å². The molecule has 0 aliphatic heterocycles. The zero-order chi connectivity index (χ0) is 11.5. The maximum atomic E-state index is 5.70. The first-order chi connectivity index (χ1) is 7.70. The maximum absolute atomic E-state index is 5.70. The zero-order valence-corrected chi connectivity index (χ0v) is 9.81. The van der Waals surface area contributed by atoms with Gasteiger partial charge in [0.2, 0.25) is 5.95 Å². The van der Waals surface area contributed by atoms with Crippen LogP contribution in [0.4, 0.5) is 5.95 Å². The van der Waals surface area contributed by atoms with Gasteiger partial charge >= 0.3 is 0 Å². The van der Waals surface area contributed by atoms with Gasteiger partial charge in [-0.3, -0.25) is 0 Å². The van der Waals surface area contributed by atoms with E-state index in [4.69, 9.17) is 10.5 Å². The number of anilines is 1. The normalized spacial score (nSPS) is 18.9. The van der Waals surface area contributed by atoms with Crippen molar-refractivity contribution in [3.8, 4) is 0 Å². The average molecular weight is 222 g/mol. The Morgan fingerprint density at radius 1 is 1.25 bits per heavy atom. The molecule has 1 unspecified atom stereocenters. The molecular formula is C11H18N4O. The van der Waals surface area contributed by atoms with Gasteiger partial charge in [0.25, 0.3) is 0 Å². The first-order valence-electron chi connectivity index (χ1n) is 5.75. The Bertz CT molecular complexity index is 363. The molecule has 2 rings (SSSR count). The predicted molar refractivity (Wildman–Crippen MR) is 60.9 cm³/mol. The highest BCUT2D eigenvalue weighted by molar-refractivity contribution is 5.18. The van der Waals surface area contributed by atoms with Crippen LogP contribution in [0.5, 0.6) is 0 Å². The molecule has 0 aromatic carbocycles. The summed E-state index contributed by atoms with van der Waals surface area (Å²) < 4.78 is 5.20. The van der Waals surface area contributed by atoms with Gasteiger partial charge in [0.05, 0.1) is 0 Å². The number of nitrogens with two attached hydrogens (primary N) is 1. The van der Waals surface area contributed by atoms with E-state index in [0.29, 0.717) is 17.7 Å². The van der Waals surface area contributed by atoms with Crippen LogP contribution < -0.4 is 5.73 Å². The molecule has 5 heteroatoms. The molecule has 0 bridgehead atoms. The van der Waals surface area contributed by atoms with E-state index >= 15 is 0 Å². The first kappa shape index (κ1) is 11.3. The highest BCUT2D eigenvalue weighted by Crippen LogP contribution is 2.32. The summed E-state index contributed by atoms with van der Waals surface area (Å²) in [6.45, 7) is 1.91. The van der Waals surface area contributed by atoms with Crippen LogP contribution in [-0.4, -0.2) is 22.1 Å². The summed E-state index contributed by atoms with van der Waals surface area (Å²) in [5.41, 5.74) is 5.70. The monoisotopic (exact) mass is 222 g/mol. The minimum absolute atomic E-state index is 0.134. The van der Waals surface area contributed by atoms with Crippen LogP contribution in [-0.2, 0) is 4.74 Å². The van der Waals surface area contributed by atoms with Crippen LogP contribution in [0.25, 0.3) is 0 Å². The Morgan fingerprint density at radius 3 is 2.56 bits per heavy atom. The summed E-state index contributed by atoms with van der Waals surface area (Å²) in [5.74, 6) is 2.23. The average Bonchev–Trinajstić information content (AvgIpc) is 2.80. The molecule has 0 radical (unpaired) electrons. The van der Waals surface area contributed by atoms with Crippen LogP contribution in [0.3, 0.4) is 0 Å². The minimum atomic E-state index is -0.134. The van der Waals surface area contributed by atoms with Gasteiger partial charge in [-0.15, -0.1) is 0 Å². The molecule has 88 valence electrons. The fourth-order valence-corrected chi connectivity index (χ4v) is 2.08. The highest BCUT2D eigenvalue weighted by atomic mass is 16.5. The third kappa shape index (κ3) is 2.29. The van der Waals surface area contributed by atoms with Gasteiger partial charge in [-0.1, -0.05) is 12.8 Å². The van der Waals surface area contributed by atoms with Gasteiger partial charge in [0.1, 0.15) is 11.9 Å². The van der Waals surface area contributed by atoms with Crippen molar-refractivity contribution in [1.29, 1.82) is 0 Å². The molecule has 1 aliphatic rings. The first-order valence-corrected chi connectivity index (χ1v) is 5.75. The van der Waals surface area contributed by atoms with Crippen molar-refractivity contribution in [2.75, 3.05) is 12.8 Å². The van der Waals surface area contributed by atoms with E-state index < -0.39 is 0 Å². The molecule has 1 saturated carbocycles. The molecule has 1 atom stereocenters. The molecule has 0 amide bonds. The minimum Gasteiger partial charge on any atom is -0.374 e. The second-order valence-electron chi connectivity index (χ2n) is 4.27. The number of nitrogen functional groups attached to an aromatic ring is 1. The number of hydrogen-bond donors (Lipinski definition) is 1. The predicted octanol–water partition coefficient (Wildman–Crippen LogP) is 1.82. The Kier molecular flexibility index (Phi) is 3.33. The number of aromatic nitrogens is 3. The fraction of sp³-hybridized carbons (Fsp3) is 0.727. The second kappa shape index (κ2) is 4.74. The van der Waals surface area contributed by atoms with Crippen molar-refractivity contribution in [1.82, 2.24) is 15.0 Å². The van der Waals surface area contributed by atoms with E-state index in [9.17, 15) is 0 Å².